The van der Waals surface area contributed by atoms with Gasteiger partial charge in [-0.2, -0.15) is 5.26 Å². The lowest BCUT2D eigenvalue weighted by atomic mass is 10.1. The Morgan fingerprint density at radius 1 is 1.60 bits per heavy atom. The summed E-state index contributed by atoms with van der Waals surface area (Å²) in [6.07, 6.45) is -0.662. The molecule has 1 atom stereocenters. The molecule has 1 N–H and O–H groups in total. The zero-order valence-corrected chi connectivity index (χ0v) is 8.52. The van der Waals surface area contributed by atoms with Crippen molar-refractivity contribution in [3.05, 3.63) is 29.3 Å². The van der Waals surface area contributed by atoms with Gasteiger partial charge in [0.05, 0.1) is 0 Å². The number of hydrogen-bond donors (Lipinski definition) is 1. The molecular weight excluding hydrogens is 194 g/mol. The number of rotatable bonds is 3. The molecule has 0 saturated heterocycles. The van der Waals surface area contributed by atoms with E-state index in [1.807, 2.05) is 13.0 Å². The second-order valence-electron chi connectivity index (χ2n) is 3.19. The number of nitriles is 1. The molecule has 0 radical (unpaired) electrons. The number of benzene rings is 1. The van der Waals surface area contributed by atoms with Crippen LogP contribution >= 0.6 is 0 Å². The maximum absolute atomic E-state index is 10.8. The predicted octanol–water partition coefficient (Wildman–Crippen LogP) is 1.98. The van der Waals surface area contributed by atoms with Gasteiger partial charge in [-0.05, 0) is 31.5 Å². The van der Waals surface area contributed by atoms with Gasteiger partial charge in [-0.15, -0.1) is 0 Å². The highest BCUT2D eigenvalue weighted by Gasteiger charge is 2.13. The summed E-state index contributed by atoms with van der Waals surface area (Å²) in [5.74, 6) is -0.827. The lowest BCUT2D eigenvalue weighted by molar-refractivity contribution is 0.0691. The minimum absolute atomic E-state index is 0.0719. The van der Waals surface area contributed by atoms with Crippen molar-refractivity contribution in [2.75, 3.05) is 0 Å². The Bertz CT molecular complexity index is 420. The van der Waals surface area contributed by atoms with Gasteiger partial charge in [0.2, 0.25) is 0 Å². The largest absolute Gasteiger partial charge is 0.478 e. The maximum atomic E-state index is 10.8. The molecule has 0 amide bonds. The summed E-state index contributed by atoms with van der Waals surface area (Å²) in [5.41, 5.74) is 0.961. The van der Waals surface area contributed by atoms with Gasteiger partial charge in [0, 0.05) is 0 Å². The minimum atomic E-state index is -1.06. The van der Waals surface area contributed by atoms with E-state index in [0.717, 1.165) is 5.56 Å². The number of hydrogen-bond acceptors (Lipinski definition) is 3. The molecule has 4 heteroatoms. The Kier molecular flexibility index (Phi) is 3.29. The predicted molar refractivity (Wildman–Crippen MR) is 53.8 cm³/mol. The summed E-state index contributed by atoms with van der Waals surface area (Å²) in [6, 6.07) is 6.65. The van der Waals surface area contributed by atoms with Gasteiger partial charge in [-0.25, -0.2) is 4.79 Å². The van der Waals surface area contributed by atoms with E-state index in [1.54, 1.807) is 19.1 Å². The summed E-state index contributed by atoms with van der Waals surface area (Å²) < 4.78 is 5.19. The fourth-order valence-electron chi connectivity index (χ4n) is 1.12. The van der Waals surface area contributed by atoms with Gasteiger partial charge in [-0.1, -0.05) is 6.07 Å². The Labute approximate surface area is 87.7 Å². The third-order valence-electron chi connectivity index (χ3n) is 1.85. The molecule has 0 spiro atoms. The number of aryl methyl sites for hydroxylation is 1. The second kappa shape index (κ2) is 4.47. The normalized spacial score (nSPS) is 11.5. The van der Waals surface area contributed by atoms with Crippen LogP contribution in [0.25, 0.3) is 0 Å². The quantitative estimate of drug-likeness (QED) is 0.819. The van der Waals surface area contributed by atoms with Crippen LogP contribution in [-0.4, -0.2) is 17.2 Å². The molecule has 1 aromatic rings. The molecule has 78 valence electrons. The highest BCUT2D eigenvalue weighted by Crippen LogP contribution is 2.21. The zero-order chi connectivity index (χ0) is 11.4. The van der Waals surface area contributed by atoms with Crippen molar-refractivity contribution < 1.29 is 14.6 Å². The van der Waals surface area contributed by atoms with E-state index in [1.165, 1.54) is 6.07 Å². The molecule has 0 aliphatic carbocycles. The highest BCUT2D eigenvalue weighted by atomic mass is 16.5. The van der Waals surface area contributed by atoms with E-state index in [4.69, 9.17) is 15.1 Å². The molecule has 1 aromatic carbocycles. The number of nitrogens with zero attached hydrogens (tertiary/aromatic N) is 1. The Hall–Kier alpha value is -2.02. The molecule has 1 unspecified atom stereocenters. The molecule has 0 bridgehead atoms. The summed E-state index contributed by atoms with van der Waals surface area (Å²) in [5, 5.41) is 17.5. The van der Waals surface area contributed by atoms with Crippen LogP contribution in [0.1, 0.15) is 22.8 Å². The number of carbonyl (C=O) groups is 1. The fourth-order valence-corrected chi connectivity index (χ4v) is 1.12. The van der Waals surface area contributed by atoms with Crippen molar-refractivity contribution in [1.82, 2.24) is 0 Å². The van der Waals surface area contributed by atoms with E-state index < -0.39 is 12.1 Å². The van der Waals surface area contributed by atoms with Crippen LogP contribution < -0.4 is 4.74 Å². The van der Waals surface area contributed by atoms with E-state index >= 15 is 0 Å². The van der Waals surface area contributed by atoms with Crippen LogP contribution in [0.5, 0.6) is 5.75 Å². The molecule has 0 saturated carbocycles. The van der Waals surface area contributed by atoms with Crippen LogP contribution in [0.4, 0.5) is 0 Å². The number of aromatic carboxylic acids is 1. The van der Waals surface area contributed by atoms with Crippen molar-refractivity contribution in [3.8, 4) is 11.8 Å². The third kappa shape index (κ3) is 2.71. The van der Waals surface area contributed by atoms with E-state index in [-0.39, 0.29) is 11.3 Å². The first-order chi connectivity index (χ1) is 7.04. The van der Waals surface area contributed by atoms with E-state index in [0.29, 0.717) is 0 Å². The first-order valence-electron chi connectivity index (χ1n) is 4.45. The smallest absolute Gasteiger partial charge is 0.339 e. The van der Waals surface area contributed by atoms with Crippen molar-refractivity contribution in [3.63, 3.8) is 0 Å². The molecule has 0 heterocycles. The van der Waals surface area contributed by atoms with Crippen LogP contribution in [0.15, 0.2) is 18.2 Å². The zero-order valence-electron chi connectivity index (χ0n) is 8.52. The minimum Gasteiger partial charge on any atom is -0.478 e. The van der Waals surface area contributed by atoms with Crippen molar-refractivity contribution >= 4 is 5.97 Å². The van der Waals surface area contributed by atoms with Gasteiger partial charge in [0.25, 0.3) is 0 Å². The van der Waals surface area contributed by atoms with Gasteiger partial charge < -0.3 is 9.84 Å². The van der Waals surface area contributed by atoms with Crippen LogP contribution in [0, 0.1) is 18.3 Å². The lowest BCUT2D eigenvalue weighted by Gasteiger charge is -2.10. The number of carboxylic acid groups (broad SMARTS) is 1. The Morgan fingerprint density at radius 3 is 2.80 bits per heavy atom. The fraction of sp³-hybridized carbons (Fsp3) is 0.273. The van der Waals surface area contributed by atoms with E-state index in [2.05, 4.69) is 0 Å². The first kappa shape index (κ1) is 11.1. The molecule has 0 fully saturated rings. The van der Waals surface area contributed by atoms with Crippen LogP contribution in [-0.2, 0) is 0 Å². The molecule has 0 aliphatic heterocycles. The summed E-state index contributed by atoms with van der Waals surface area (Å²) in [6.45, 7) is 3.39. The van der Waals surface area contributed by atoms with E-state index in [9.17, 15) is 4.79 Å². The molecule has 1 rings (SSSR count). The average molecular weight is 205 g/mol. The number of ether oxygens (including phenoxy) is 1. The highest BCUT2D eigenvalue weighted by molar-refractivity contribution is 5.91. The molecule has 0 aromatic heterocycles. The summed E-state index contributed by atoms with van der Waals surface area (Å²) in [4.78, 5) is 10.8. The lowest BCUT2D eigenvalue weighted by Crippen LogP contribution is -2.11. The Balaban J connectivity index is 3.08. The molecule has 0 aliphatic rings. The second-order valence-corrected chi connectivity index (χ2v) is 3.19. The van der Waals surface area contributed by atoms with Crippen molar-refractivity contribution in [1.29, 1.82) is 5.26 Å². The average Bonchev–Trinajstić information content (AvgIpc) is 2.17. The standard InChI is InChI=1S/C11H11NO3/c1-7-3-4-9(11(13)14)10(5-7)15-8(2)6-12/h3-5,8H,1-2H3,(H,13,14). The number of carboxylic acids is 1. The van der Waals surface area contributed by atoms with Crippen LogP contribution in [0.2, 0.25) is 0 Å². The van der Waals surface area contributed by atoms with Gasteiger partial charge in [0.15, 0.2) is 6.10 Å². The molecular formula is C11H11NO3. The van der Waals surface area contributed by atoms with Crippen molar-refractivity contribution in [2.45, 2.75) is 20.0 Å². The van der Waals surface area contributed by atoms with Gasteiger partial charge >= 0.3 is 5.97 Å². The Morgan fingerprint density at radius 2 is 2.27 bits per heavy atom. The van der Waals surface area contributed by atoms with Crippen LogP contribution in [0.3, 0.4) is 0 Å². The van der Waals surface area contributed by atoms with Gasteiger partial charge in [-0.3, -0.25) is 0 Å². The third-order valence-corrected chi connectivity index (χ3v) is 1.85. The summed E-state index contributed by atoms with van der Waals surface area (Å²) >= 11 is 0. The molecule has 4 nitrogen and oxygen atoms in total. The van der Waals surface area contributed by atoms with Crippen molar-refractivity contribution in [2.24, 2.45) is 0 Å². The maximum Gasteiger partial charge on any atom is 0.339 e. The topological polar surface area (TPSA) is 70.3 Å². The first-order valence-corrected chi connectivity index (χ1v) is 4.45. The van der Waals surface area contributed by atoms with Gasteiger partial charge in [0.1, 0.15) is 17.4 Å². The monoisotopic (exact) mass is 205 g/mol. The SMILES string of the molecule is Cc1ccc(C(=O)O)c(OC(C)C#N)c1. The molecule has 15 heavy (non-hydrogen) atoms. The summed E-state index contributed by atoms with van der Waals surface area (Å²) in [7, 11) is 0.